The van der Waals surface area contributed by atoms with E-state index in [0.717, 1.165) is 30.9 Å². The van der Waals surface area contributed by atoms with Gasteiger partial charge < -0.3 is 9.84 Å². The molecule has 2 N–H and O–H groups in total. The number of nitrogens with zero attached hydrogens (tertiary/aromatic N) is 1. The Labute approximate surface area is 201 Å². The van der Waals surface area contributed by atoms with E-state index in [1.54, 1.807) is 48.5 Å². The molecule has 1 atom stereocenters. The van der Waals surface area contributed by atoms with Gasteiger partial charge in [-0.2, -0.15) is 0 Å². The Hall–Kier alpha value is -2.87. The van der Waals surface area contributed by atoms with Gasteiger partial charge in [0.2, 0.25) is 9.84 Å². The number of rotatable bonds is 7. The van der Waals surface area contributed by atoms with Crippen LogP contribution in [-0.4, -0.2) is 51.2 Å². The van der Waals surface area contributed by atoms with Crippen molar-refractivity contribution in [2.24, 2.45) is 0 Å². The van der Waals surface area contributed by atoms with Crippen molar-refractivity contribution < 1.29 is 18.3 Å². The largest absolute Gasteiger partial charge is 0.508 e. The maximum atomic E-state index is 14.2. The molecule has 5 rings (SSSR count). The van der Waals surface area contributed by atoms with E-state index in [1.807, 2.05) is 24.3 Å². The summed E-state index contributed by atoms with van der Waals surface area (Å²) in [4.78, 5) is 1.17. The number of phenols is 1. The zero-order valence-corrected chi connectivity index (χ0v) is 19.9. The zero-order valence-electron chi connectivity index (χ0n) is 19.1. The lowest BCUT2D eigenvalue weighted by Gasteiger charge is -2.40. The van der Waals surface area contributed by atoms with Crippen molar-refractivity contribution in [2.45, 2.75) is 29.0 Å². The fourth-order valence-corrected chi connectivity index (χ4v) is 7.21. The van der Waals surface area contributed by atoms with Crippen LogP contribution < -0.4 is 10.1 Å². The third kappa shape index (κ3) is 4.08. The average molecular weight is 479 g/mol. The van der Waals surface area contributed by atoms with Gasteiger partial charge in [0, 0.05) is 13.1 Å². The third-order valence-electron chi connectivity index (χ3n) is 6.83. The lowest BCUT2D eigenvalue weighted by Crippen LogP contribution is -2.53. The van der Waals surface area contributed by atoms with Crippen molar-refractivity contribution in [3.05, 3.63) is 89.5 Å². The van der Waals surface area contributed by atoms with Crippen LogP contribution in [0.15, 0.2) is 77.7 Å². The highest BCUT2D eigenvalue weighted by molar-refractivity contribution is 7.92. The van der Waals surface area contributed by atoms with Crippen LogP contribution in [0.1, 0.15) is 29.5 Å². The van der Waals surface area contributed by atoms with Gasteiger partial charge in [-0.3, -0.25) is 10.2 Å². The van der Waals surface area contributed by atoms with Crippen LogP contribution in [0.5, 0.6) is 11.5 Å². The van der Waals surface area contributed by atoms with E-state index < -0.39 is 14.7 Å². The molecule has 34 heavy (non-hydrogen) atoms. The molecule has 0 aromatic heterocycles. The first kappa shape index (κ1) is 22.9. The smallest absolute Gasteiger partial charge is 0.205 e. The summed E-state index contributed by atoms with van der Waals surface area (Å²) < 4.78 is 34.4. The number of sulfone groups is 1. The molecule has 2 heterocycles. The number of ether oxygens (including phenoxy) is 1. The summed E-state index contributed by atoms with van der Waals surface area (Å²) in [5, 5.41) is 13.4. The Morgan fingerprint density at radius 2 is 1.71 bits per heavy atom. The van der Waals surface area contributed by atoms with Gasteiger partial charge in [-0.15, -0.1) is 0 Å². The molecule has 0 saturated carbocycles. The number of benzene rings is 3. The second-order valence-corrected chi connectivity index (χ2v) is 11.0. The van der Waals surface area contributed by atoms with Crippen molar-refractivity contribution in [1.29, 1.82) is 0 Å². The monoisotopic (exact) mass is 478 g/mol. The number of nitrogens with one attached hydrogen (secondary N) is 1. The summed E-state index contributed by atoms with van der Waals surface area (Å²) in [5.74, 6) is 0.852. The maximum absolute atomic E-state index is 14.2. The van der Waals surface area contributed by atoms with Gasteiger partial charge in [0.05, 0.1) is 4.90 Å². The zero-order chi connectivity index (χ0) is 23.6. The molecule has 1 saturated heterocycles. The van der Waals surface area contributed by atoms with Crippen molar-refractivity contribution in [3.63, 3.8) is 0 Å². The summed E-state index contributed by atoms with van der Waals surface area (Å²) in [6, 6.07) is 20.8. The van der Waals surface area contributed by atoms with Gasteiger partial charge >= 0.3 is 0 Å². The molecule has 3 aromatic carbocycles. The Balaban J connectivity index is 1.53. The first-order chi connectivity index (χ1) is 16.5. The molecule has 7 heteroatoms. The van der Waals surface area contributed by atoms with Gasteiger partial charge in [-0.25, -0.2) is 8.42 Å². The van der Waals surface area contributed by atoms with Crippen LogP contribution in [-0.2, 0) is 21.1 Å². The van der Waals surface area contributed by atoms with Crippen LogP contribution in [0.4, 0.5) is 0 Å². The summed E-state index contributed by atoms with van der Waals surface area (Å²) in [5.41, 5.74) is 2.09. The highest BCUT2D eigenvalue weighted by atomic mass is 32.2. The average Bonchev–Trinajstić information content (AvgIpc) is 3.38. The summed E-state index contributed by atoms with van der Waals surface area (Å²) >= 11 is 0. The Morgan fingerprint density at radius 1 is 0.971 bits per heavy atom. The third-order valence-corrected chi connectivity index (χ3v) is 9.13. The number of likely N-dealkylation sites (tertiary alicyclic amines) is 1. The first-order valence-corrected chi connectivity index (χ1v) is 13.3. The molecule has 0 aliphatic carbocycles. The molecule has 0 radical (unpaired) electrons. The van der Waals surface area contributed by atoms with Crippen molar-refractivity contribution in [2.75, 3.05) is 32.8 Å². The molecule has 178 valence electrons. The van der Waals surface area contributed by atoms with Gasteiger partial charge in [-0.1, -0.05) is 36.4 Å². The molecular formula is C27H30N2O4S. The standard InChI is InChI=1S/C27H30N2O4S/c30-23-10-13-26-21(20-23)14-15-28-27(26,34(31,32)25-6-2-1-3-7-25)22-8-11-24(12-9-22)33-19-18-29-16-4-5-17-29/h1-3,6-13,20,28,30H,4-5,14-19H2. The van der Waals surface area contributed by atoms with E-state index >= 15 is 0 Å². The Kier molecular flexibility index (Phi) is 6.34. The van der Waals surface area contributed by atoms with E-state index in [0.29, 0.717) is 30.7 Å². The molecule has 2 aliphatic rings. The minimum Gasteiger partial charge on any atom is -0.508 e. The minimum absolute atomic E-state index is 0.133. The fourth-order valence-electron chi connectivity index (χ4n) is 5.11. The van der Waals surface area contributed by atoms with E-state index in [2.05, 4.69) is 10.2 Å². The summed E-state index contributed by atoms with van der Waals surface area (Å²) in [6.45, 7) is 4.22. The van der Waals surface area contributed by atoms with Crippen LogP contribution in [0.3, 0.4) is 0 Å². The molecule has 1 unspecified atom stereocenters. The highest BCUT2D eigenvalue weighted by Crippen LogP contribution is 2.44. The van der Waals surface area contributed by atoms with E-state index in [-0.39, 0.29) is 10.6 Å². The number of fused-ring (bicyclic) bond motifs is 1. The SMILES string of the molecule is O=S(=O)(c1ccccc1)C1(c2ccc(OCCN3CCCC3)cc2)NCCc2cc(O)ccc21. The van der Waals surface area contributed by atoms with E-state index in [4.69, 9.17) is 4.74 Å². The number of aromatic hydroxyl groups is 1. The number of hydrogen-bond acceptors (Lipinski definition) is 6. The van der Waals surface area contributed by atoms with E-state index in [9.17, 15) is 13.5 Å². The molecule has 2 aliphatic heterocycles. The topological polar surface area (TPSA) is 78.9 Å². The van der Waals surface area contributed by atoms with Crippen LogP contribution in [0.2, 0.25) is 0 Å². The minimum atomic E-state index is -3.88. The van der Waals surface area contributed by atoms with Crippen LogP contribution >= 0.6 is 0 Å². The number of phenolic OH excluding ortho intramolecular Hbond substituents is 1. The molecule has 0 bridgehead atoms. The van der Waals surface area contributed by atoms with Gasteiger partial charge in [-0.05, 0) is 85.4 Å². The van der Waals surface area contributed by atoms with Gasteiger partial charge in [0.15, 0.2) is 4.87 Å². The lowest BCUT2D eigenvalue weighted by molar-refractivity contribution is 0.237. The van der Waals surface area contributed by atoms with Crippen molar-refractivity contribution in [3.8, 4) is 11.5 Å². The van der Waals surface area contributed by atoms with Crippen LogP contribution in [0.25, 0.3) is 0 Å². The quantitative estimate of drug-likeness (QED) is 0.539. The number of hydrogen-bond donors (Lipinski definition) is 2. The lowest BCUT2D eigenvalue weighted by atomic mass is 9.89. The molecular weight excluding hydrogens is 448 g/mol. The summed E-state index contributed by atoms with van der Waals surface area (Å²) in [6.07, 6.45) is 3.13. The predicted octanol–water partition coefficient (Wildman–Crippen LogP) is 3.69. The van der Waals surface area contributed by atoms with E-state index in [1.165, 1.54) is 12.8 Å². The second-order valence-electron chi connectivity index (χ2n) is 8.94. The second kappa shape index (κ2) is 9.41. The molecule has 0 spiro atoms. The van der Waals surface area contributed by atoms with Crippen LogP contribution in [0, 0.1) is 0 Å². The normalized spacial score (nSPS) is 20.7. The van der Waals surface area contributed by atoms with Crippen molar-refractivity contribution in [1.82, 2.24) is 10.2 Å². The van der Waals surface area contributed by atoms with Crippen molar-refractivity contribution >= 4 is 9.84 Å². The Bertz CT molecular complexity index is 1240. The molecule has 0 amide bonds. The fraction of sp³-hybridized carbons (Fsp3) is 0.333. The van der Waals surface area contributed by atoms with Gasteiger partial charge in [0.25, 0.3) is 0 Å². The summed E-state index contributed by atoms with van der Waals surface area (Å²) in [7, 11) is -3.88. The highest BCUT2D eigenvalue weighted by Gasteiger charge is 2.50. The van der Waals surface area contributed by atoms with Gasteiger partial charge in [0.1, 0.15) is 18.1 Å². The molecule has 3 aromatic rings. The maximum Gasteiger partial charge on any atom is 0.205 e. The molecule has 1 fully saturated rings. The predicted molar refractivity (Wildman–Crippen MR) is 132 cm³/mol. The Morgan fingerprint density at radius 3 is 2.44 bits per heavy atom. The first-order valence-electron chi connectivity index (χ1n) is 11.8. The molecule has 6 nitrogen and oxygen atoms in total.